The van der Waals surface area contributed by atoms with Gasteiger partial charge in [-0.05, 0) is 43.2 Å². The van der Waals surface area contributed by atoms with Gasteiger partial charge in [0.15, 0.2) is 9.84 Å². The SMILES string of the molecule is O=C(C1CCCC1)N(c1ccc(Cl)cc1)[C@@H]1C=CS(=O)(=O)C1. The van der Waals surface area contributed by atoms with E-state index in [0.29, 0.717) is 10.7 Å². The summed E-state index contributed by atoms with van der Waals surface area (Å²) in [6.45, 7) is 0. The van der Waals surface area contributed by atoms with Crippen molar-refractivity contribution in [1.29, 1.82) is 0 Å². The van der Waals surface area contributed by atoms with Crippen molar-refractivity contribution >= 4 is 33.0 Å². The maximum atomic E-state index is 12.9. The van der Waals surface area contributed by atoms with Gasteiger partial charge in [-0.15, -0.1) is 0 Å². The fraction of sp³-hybridized carbons (Fsp3) is 0.438. The molecule has 3 rings (SSSR count). The van der Waals surface area contributed by atoms with Crippen molar-refractivity contribution in [2.75, 3.05) is 10.7 Å². The summed E-state index contributed by atoms with van der Waals surface area (Å²) in [4.78, 5) is 14.5. The van der Waals surface area contributed by atoms with Gasteiger partial charge in [0.1, 0.15) is 0 Å². The molecular formula is C16H18ClNO3S. The molecule has 1 aromatic rings. The first-order valence-corrected chi connectivity index (χ1v) is 9.55. The minimum absolute atomic E-state index is 0.00705. The largest absolute Gasteiger partial charge is 0.304 e. The lowest BCUT2D eigenvalue weighted by Gasteiger charge is -2.30. The number of carbonyl (C=O) groups excluding carboxylic acids is 1. The maximum Gasteiger partial charge on any atom is 0.230 e. The molecule has 0 saturated heterocycles. The molecule has 0 unspecified atom stereocenters. The van der Waals surface area contributed by atoms with Crippen molar-refractivity contribution in [3.63, 3.8) is 0 Å². The van der Waals surface area contributed by atoms with Crippen LogP contribution in [0.5, 0.6) is 0 Å². The molecule has 1 fully saturated rings. The van der Waals surface area contributed by atoms with E-state index in [-0.39, 0.29) is 17.6 Å². The minimum Gasteiger partial charge on any atom is -0.304 e. The predicted octanol–water partition coefficient (Wildman–Crippen LogP) is 3.17. The van der Waals surface area contributed by atoms with Crippen LogP contribution in [-0.4, -0.2) is 26.1 Å². The van der Waals surface area contributed by atoms with Crippen LogP contribution in [0, 0.1) is 5.92 Å². The predicted molar refractivity (Wildman–Crippen MR) is 87.6 cm³/mol. The smallest absolute Gasteiger partial charge is 0.230 e. The number of sulfone groups is 1. The molecule has 2 aliphatic rings. The Balaban J connectivity index is 1.93. The van der Waals surface area contributed by atoms with Gasteiger partial charge < -0.3 is 4.90 Å². The average molecular weight is 340 g/mol. The van der Waals surface area contributed by atoms with Gasteiger partial charge >= 0.3 is 0 Å². The molecule has 1 amide bonds. The molecule has 1 aliphatic carbocycles. The fourth-order valence-electron chi connectivity index (χ4n) is 3.17. The van der Waals surface area contributed by atoms with Crippen molar-refractivity contribution in [2.24, 2.45) is 5.92 Å². The molecule has 1 aliphatic heterocycles. The number of benzene rings is 1. The number of hydrogen-bond acceptors (Lipinski definition) is 3. The zero-order chi connectivity index (χ0) is 15.7. The first-order chi connectivity index (χ1) is 10.5. The molecule has 1 aromatic carbocycles. The van der Waals surface area contributed by atoms with Gasteiger partial charge in [-0.3, -0.25) is 4.79 Å². The number of rotatable bonds is 3. The van der Waals surface area contributed by atoms with Crippen molar-refractivity contribution in [2.45, 2.75) is 31.7 Å². The van der Waals surface area contributed by atoms with E-state index in [1.165, 1.54) is 5.41 Å². The number of anilines is 1. The summed E-state index contributed by atoms with van der Waals surface area (Å²) in [5.41, 5.74) is 0.702. The quantitative estimate of drug-likeness (QED) is 0.850. The molecule has 0 radical (unpaired) electrons. The molecule has 0 spiro atoms. The summed E-state index contributed by atoms with van der Waals surface area (Å²) >= 11 is 5.91. The van der Waals surface area contributed by atoms with Crippen LogP contribution in [-0.2, 0) is 14.6 Å². The third-order valence-electron chi connectivity index (χ3n) is 4.29. The Bertz CT molecular complexity index is 691. The van der Waals surface area contributed by atoms with Gasteiger partial charge in [0.25, 0.3) is 0 Å². The minimum atomic E-state index is -3.21. The van der Waals surface area contributed by atoms with Crippen LogP contribution in [0.2, 0.25) is 5.02 Å². The van der Waals surface area contributed by atoms with E-state index < -0.39 is 15.9 Å². The summed E-state index contributed by atoms with van der Waals surface area (Å²) in [6.07, 6.45) is 5.49. The molecule has 4 nitrogen and oxygen atoms in total. The number of nitrogens with zero attached hydrogens (tertiary/aromatic N) is 1. The van der Waals surface area contributed by atoms with Gasteiger partial charge in [0.2, 0.25) is 5.91 Å². The van der Waals surface area contributed by atoms with E-state index in [9.17, 15) is 13.2 Å². The zero-order valence-corrected chi connectivity index (χ0v) is 13.7. The topological polar surface area (TPSA) is 54.5 Å². The number of hydrogen-bond donors (Lipinski definition) is 0. The van der Waals surface area contributed by atoms with E-state index in [4.69, 9.17) is 11.6 Å². The van der Waals surface area contributed by atoms with Crippen molar-refractivity contribution in [3.8, 4) is 0 Å². The van der Waals surface area contributed by atoms with E-state index >= 15 is 0 Å². The maximum absolute atomic E-state index is 12.9. The van der Waals surface area contributed by atoms with Crippen LogP contribution >= 0.6 is 11.6 Å². The molecule has 118 valence electrons. The van der Waals surface area contributed by atoms with Crippen LogP contribution in [0.4, 0.5) is 5.69 Å². The lowest BCUT2D eigenvalue weighted by Crippen LogP contribution is -2.44. The monoisotopic (exact) mass is 339 g/mol. The Kier molecular flexibility index (Phi) is 4.28. The highest BCUT2D eigenvalue weighted by atomic mass is 35.5. The zero-order valence-electron chi connectivity index (χ0n) is 12.1. The number of amides is 1. The van der Waals surface area contributed by atoms with Gasteiger partial charge in [-0.2, -0.15) is 0 Å². The Hall–Kier alpha value is -1.33. The highest BCUT2D eigenvalue weighted by Gasteiger charge is 2.35. The second-order valence-corrected chi connectivity index (χ2v) is 8.26. The Morgan fingerprint density at radius 2 is 1.77 bits per heavy atom. The van der Waals surface area contributed by atoms with Gasteiger partial charge in [0, 0.05) is 22.0 Å². The summed E-state index contributed by atoms with van der Waals surface area (Å²) < 4.78 is 23.5. The normalized spacial score (nSPS) is 23.8. The molecule has 6 heteroatoms. The molecule has 1 atom stereocenters. The first-order valence-electron chi connectivity index (χ1n) is 7.46. The lowest BCUT2D eigenvalue weighted by molar-refractivity contribution is -0.122. The number of carbonyl (C=O) groups is 1. The second-order valence-electron chi connectivity index (χ2n) is 5.89. The summed E-state index contributed by atoms with van der Waals surface area (Å²) in [5, 5.41) is 1.80. The molecular weight excluding hydrogens is 322 g/mol. The Morgan fingerprint density at radius 1 is 1.14 bits per heavy atom. The van der Waals surface area contributed by atoms with Crippen LogP contribution in [0.25, 0.3) is 0 Å². The highest BCUT2D eigenvalue weighted by molar-refractivity contribution is 7.94. The molecule has 0 bridgehead atoms. The third-order valence-corrected chi connectivity index (χ3v) is 5.92. The first kappa shape index (κ1) is 15.6. The highest BCUT2D eigenvalue weighted by Crippen LogP contribution is 2.31. The lowest BCUT2D eigenvalue weighted by atomic mass is 10.0. The van der Waals surface area contributed by atoms with Gasteiger partial charge in [-0.1, -0.05) is 24.4 Å². The van der Waals surface area contributed by atoms with Gasteiger partial charge in [-0.25, -0.2) is 8.42 Å². The molecule has 0 N–H and O–H groups in total. The Labute approximate surface area is 135 Å². The Morgan fingerprint density at radius 3 is 2.32 bits per heavy atom. The van der Waals surface area contributed by atoms with Crippen molar-refractivity contribution < 1.29 is 13.2 Å². The van der Waals surface area contributed by atoms with Crippen molar-refractivity contribution in [3.05, 3.63) is 40.8 Å². The van der Waals surface area contributed by atoms with Crippen LogP contribution < -0.4 is 4.90 Å². The van der Waals surface area contributed by atoms with Crippen LogP contribution in [0.15, 0.2) is 35.7 Å². The van der Waals surface area contributed by atoms with E-state index in [2.05, 4.69) is 0 Å². The molecule has 1 saturated carbocycles. The average Bonchev–Trinajstić information content (AvgIpc) is 3.11. The standard InChI is InChI=1S/C16H18ClNO3S/c17-13-5-7-14(8-6-13)18(15-9-10-22(20,21)11-15)16(19)12-3-1-2-4-12/h5-10,12,15H,1-4,11H2/t15-/m1/s1. The van der Waals surface area contributed by atoms with Crippen LogP contribution in [0.3, 0.4) is 0 Å². The molecule has 22 heavy (non-hydrogen) atoms. The molecule has 0 aromatic heterocycles. The molecule has 1 heterocycles. The fourth-order valence-corrected chi connectivity index (χ4v) is 4.57. The van der Waals surface area contributed by atoms with Crippen molar-refractivity contribution in [1.82, 2.24) is 0 Å². The summed E-state index contributed by atoms with van der Waals surface area (Å²) in [5.74, 6) is -0.0346. The van der Waals surface area contributed by atoms with E-state index in [1.807, 2.05) is 0 Å². The summed E-state index contributed by atoms with van der Waals surface area (Å²) in [7, 11) is -3.21. The third kappa shape index (κ3) is 3.20. The second kappa shape index (κ2) is 6.05. The van der Waals surface area contributed by atoms with E-state index in [1.54, 1.807) is 35.2 Å². The number of halogens is 1. The summed E-state index contributed by atoms with van der Waals surface area (Å²) in [6, 6.07) is 6.55. The van der Waals surface area contributed by atoms with Crippen LogP contribution in [0.1, 0.15) is 25.7 Å². The van der Waals surface area contributed by atoms with Gasteiger partial charge in [0.05, 0.1) is 11.8 Å². The van der Waals surface area contributed by atoms with E-state index in [0.717, 1.165) is 25.7 Å².